The fourth-order valence-electron chi connectivity index (χ4n) is 3.26. The van der Waals surface area contributed by atoms with Gasteiger partial charge in [0.05, 0.1) is 12.7 Å². The summed E-state index contributed by atoms with van der Waals surface area (Å²) in [5.41, 5.74) is 1.70. The van der Waals surface area contributed by atoms with Crippen molar-refractivity contribution in [3.8, 4) is 11.8 Å². The lowest BCUT2D eigenvalue weighted by Gasteiger charge is -2.37. The first-order valence-corrected chi connectivity index (χ1v) is 7.30. The molecule has 0 N–H and O–H groups in total. The van der Waals surface area contributed by atoms with Crippen molar-refractivity contribution in [2.45, 2.75) is 25.4 Å². The quantitative estimate of drug-likeness (QED) is 0.842. The average Bonchev–Trinajstić information content (AvgIpc) is 2.88. The second kappa shape index (κ2) is 5.74. The van der Waals surface area contributed by atoms with Crippen molar-refractivity contribution in [3.05, 3.63) is 29.3 Å². The summed E-state index contributed by atoms with van der Waals surface area (Å²) in [7, 11) is 1.59. The van der Waals surface area contributed by atoms with Crippen molar-refractivity contribution in [2.24, 2.45) is 0 Å². The van der Waals surface area contributed by atoms with Crippen molar-refractivity contribution < 1.29 is 9.53 Å². The molecule has 2 aliphatic rings. The third-order valence-electron chi connectivity index (χ3n) is 4.37. The van der Waals surface area contributed by atoms with Crippen LogP contribution in [0.2, 0.25) is 0 Å². The molecule has 0 aromatic heterocycles. The Hall–Kier alpha value is -2.06. The Bertz CT molecular complexity index is 594. The van der Waals surface area contributed by atoms with E-state index in [1.165, 1.54) is 0 Å². The van der Waals surface area contributed by atoms with Crippen LogP contribution < -0.4 is 4.74 Å². The lowest BCUT2D eigenvalue weighted by Crippen LogP contribution is -2.50. The Morgan fingerprint density at radius 2 is 2.29 bits per heavy atom. The summed E-state index contributed by atoms with van der Waals surface area (Å²) in [5.74, 6) is 0.935. The molecule has 2 aliphatic heterocycles. The standard InChI is InChI=1S/C16H19N3O2/c1-21-15-8-12(2-3-13(15)9-17)10-18-6-7-19-14(11-18)4-5-16(19)20/h2-3,8,14H,4-7,10-11H2,1H3. The van der Waals surface area contributed by atoms with Gasteiger partial charge in [-0.2, -0.15) is 5.26 Å². The number of amides is 1. The second-order valence-electron chi connectivity index (χ2n) is 5.66. The topological polar surface area (TPSA) is 56.6 Å². The van der Waals surface area contributed by atoms with Crippen LogP contribution in [0.15, 0.2) is 18.2 Å². The minimum atomic E-state index is 0.305. The molecule has 1 aromatic rings. The predicted octanol–water partition coefficient (Wildman–Crippen LogP) is 1.37. The largest absolute Gasteiger partial charge is 0.495 e. The van der Waals surface area contributed by atoms with Crippen LogP contribution in [0.25, 0.3) is 0 Å². The monoisotopic (exact) mass is 285 g/mol. The maximum absolute atomic E-state index is 11.7. The molecule has 1 aromatic carbocycles. The third-order valence-corrected chi connectivity index (χ3v) is 4.37. The van der Waals surface area contributed by atoms with Gasteiger partial charge in [-0.25, -0.2) is 0 Å². The number of benzene rings is 1. The van der Waals surface area contributed by atoms with Crippen LogP contribution >= 0.6 is 0 Å². The molecule has 2 fully saturated rings. The number of hydrogen-bond acceptors (Lipinski definition) is 4. The van der Waals surface area contributed by atoms with Gasteiger partial charge in [0, 0.05) is 38.6 Å². The molecule has 3 rings (SSSR count). The zero-order valence-electron chi connectivity index (χ0n) is 12.2. The molecule has 1 amide bonds. The maximum Gasteiger partial charge on any atom is 0.222 e. The summed E-state index contributed by atoms with van der Waals surface area (Å²) in [6.45, 7) is 3.51. The molecule has 5 heteroatoms. The predicted molar refractivity (Wildman–Crippen MR) is 77.7 cm³/mol. The van der Waals surface area contributed by atoms with E-state index in [9.17, 15) is 4.79 Å². The number of fused-ring (bicyclic) bond motifs is 1. The van der Waals surface area contributed by atoms with Crippen molar-refractivity contribution in [3.63, 3.8) is 0 Å². The number of nitrogens with zero attached hydrogens (tertiary/aromatic N) is 3. The van der Waals surface area contributed by atoms with Crippen LogP contribution in [0.3, 0.4) is 0 Å². The Morgan fingerprint density at radius 1 is 1.43 bits per heavy atom. The van der Waals surface area contributed by atoms with E-state index < -0.39 is 0 Å². The third kappa shape index (κ3) is 2.72. The maximum atomic E-state index is 11.7. The van der Waals surface area contributed by atoms with Gasteiger partial charge in [-0.1, -0.05) is 6.07 Å². The number of ether oxygens (including phenoxy) is 1. The highest BCUT2D eigenvalue weighted by Crippen LogP contribution is 2.25. The molecule has 110 valence electrons. The van der Waals surface area contributed by atoms with Gasteiger partial charge < -0.3 is 9.64 Å². The van der Waals surface area contributed by atoms with Gasteiger partial charge in [-0.15, -0.1) is 0 Å². The average molecular weight is 285 g/mol. The highest BCUT2D eigenvalue weighted by Gasteiger charge is 2.35. The van der Waals surface area contributed by atoms with E-state index in [1.807, 2.05) is 23.1 Å². The number of carbonyl (C=O) groups excluding carboxylic acids is 1. The number of rotatable bonds is 3. The van der Waals surface area contributed by atoms with Crippen molar-refractivity contribution in [1.29, 1.82) is 5.26 Å². The number of piperazine rings is 1. The fraction of sp³-hybridized carbons (Fsp3) is 0.500. The number of carbonyl (C=O) groups is 1. The lowest BCUT2D eigenvalue weighted by atomic mass is 10.1. The molecule has 0 bridgehead atoms. The van der Waals surface area contributed by atoms with Crippen molar-refractivity contribution in [1.82, 2.24) is 9.80 Å². The molecule has 1 atom stereocenters. The first-order chi connectivity index (χ1) is 10.2. The van der Waals surface area contributed by atoms with Gasteiger partial charge in [-0.3, -0.25) is 9.69 Å². The molecule has 1 unspecified atom stereocenters. The molecule has 0 aliphatic carbocycles. The minimum absolute atomic E-state index is 0.305. The SMILES string of the molecule is COc1cc(CN2CCN3C(=O)CCC3C2)ccc1C#N. The summed E-state index contributed by atoms with van der Waals surface area (Å²) in [6, 6.07) is 8.23. The number of methoxy groups -OCH3 is 1. The Kier molecular flexibility index (Phi) is 3.80. The number of nitriles is 1. The molecular formula is C16H19N3O2. The van der Waals surface area contributed by atoms with Gasteiger partial charge in [0.2, 0.25) is 5.91 Å². The van der Waals surface area contributed by atoms with Crippen molar-refractivity contribution in [2.75, 3.05) is 26.7 Å². The van der Waals surface area contributed by atoms with Gasteiger partial charge in [0.1, 0.15) is 11.8 Å². The summed E-state index contributed by atoms with van der Waals surface area (Å²) in [6.07, 6.45) is 1.68. The van der Waals surface area contributed by atoms with E-state index >= 15 is 0 Å². The van der Waals surface area contributed by atoms with E-state index in [0.717, 1.165) is 38.2 Å². The van der Waals surface area contributed by atoms with Crippen LogP contribution in [0.4, 0.5) is 0 Å². The Morgan fingerprint density at radius 3 is 3.05 bits per heavy atom. The highest BCUT2D eigenvalue weighted by molar-refractivity contribution is 5.78. The smallest absolute Gasteiger partial charge is 0.222 e. The lowest BCUT2D eigenvalue weighted by molar-refractivity contribution is -0.130. The Balaban J connectivity index is 1.68. The van der Waals surface area contributed by atoms with E-state index in [0.29, 0.717) is 29.7 Å². The van der Waals surface area contributed by atoms with Crippen LogP contribution in [-0.4, -0.2) is 48.5 Å². The zero-order chi connectivity index (χ0) is 14.8. The summed E-state index contributed by atoms with van der Waals surface area (Å²) in [5, 5.41) is 9.01. The second-order valence-corrected chi connectivity index (χ2v) is 5.66. The summed E-state index contributed by atoms with van der Waals surface area (Å²) < 4.78 is 5.26. The normalized spacial score (nSPS) is 22.0. The first-order valence-electron chi connectivity index (χ1n) is 7.30. The van der Waals surface area contributed by atoms with Crippen LogP contribution in [-0.2, 0) is 11.3 Å². The van der Waals surface area contributed by atoms with Crippen LogP contribution in [0.5, 0.6) is 5.75 Å². The highest BCUT2D eigenvalue weighted by atomic mass is 16.5. The molecule has 21 heavy (non-hydrogen) atoms. The minimum Gasteiger partial charge on any atom is -0.495 e. The Labute approximate surface area is 124 Å². The van der Waals surface area contributed by atoms with Gasteiger partial charge in [0.15, 0.2) is 0 Å². The van der Waals surface area contributed by atoms with Gasteiger partial charge >= 0.3 is 0 Å². The molecule has 2 heterocycles. The van der Waals surface area contributed by atoms with Gasteiger partial charge in [0.25, 0.3) is 0 Å². The first kappa shape index (κ1) is 13.9. The van der Waals surface area contributed by atoms with Crippen LogP contribution in [0.1, 0.15) is 24.0 Å². The van der Waals surface area contributed by atoms with Gasteiger partial charge in [-0.05, 0) is 24.1 Å². The molecule has 0 saturated carbocycles. The molecular weight excluding hydrogens is 266 g/mol. The number of hydrogen-bond donors (Lipinski definition) is 0. The molecule has 2 saturated heterocycles. The summed E-state index contributed by atoms with van der Waals surface area (Å²) in [4.78, 5) is 16.1. The molecule has 5 nitrogen and oxygen atoms in total. The molecule has 0 spiro atoms. The van der Waals surface area contributed by atoms with Crippen molar-refractivity contribution >= 4 is 5.91 Å². The van der Waals surface area contributed by atoms with E-state index in [-0.39, 0.29) is 0 Å². The van der Waals surface area contributed by atoms with E-state index in [2.05, 4.69) is 11.0 Å². The van der Waals surface area contributed by atoms with E-state index in [1.54, 1.807) is 7.11 Å². The molecule has 0 radical (unpaired) electrons. The van der Waals surface area contributed by atoms with Crippen LogP contribution in [0, 0.1) is 11.3 Å². The summed E-state index contributed by atoms with van der Waals surface area (Å²) >= 11 is 0. The fourth-order valence-corrected chi connectivity index (χ4v) is 3.26. The van der Waals surface area contributed by atoms with E-state index in [4.69, 9.17) is 10.00 Å². The zero-order valence-corrected chi connectivity index (χ0v) is 12.2.